The maximum Gasteiger partial charge on any atom is 0.274 e. The van der Waals surface area contributed by atoms with Crippen LogP contribution in [-0.2, 0) is 13.1 Å². The molecule has 0 unspecified atom stereocenters. The highest BCUT2D eigenvalue weighted by atomic mass is 16.5. The van der Waals surface area contributed by atoms with Crippen molar-refractivity contribution in [1.29, 1.82) is 0 Å². The molecule has 0 aliphatic rings. The summed E-state index contributed by atoms with van der Waals surface area (Å²) >= 11 is 0. The number of aliphatic hydroxyl groups is 1. The first-order chi connectivity index (χ1) is 12.7. The number of hydroxylamine groups is 1. The zero-order chi connectivity index (χ0) is 18.4. The van der Waals surface area contributed by atoms with Gasteiger partial charge in [-0.15, -0.1) is 0 Å². The summed E-state index contributed by atoms with van der Waals surface area (Å²) in [7, 11) is 0. The van der Waals surface area contributed by atoms with E-state index in [0.717, 1.165) is 12.1 Å². The summed E-state index contributed by atoms with van der Waals surface area (Å²) in [6, 6.07) is 21.7. The number of aliphatic hydroxyl groups excluding tert-OH is 1. The third kappa shape index (κ3) is 4.46. The van der Waals surface area contributed by atoms with Crippen molar-refractivity contribution in [2.45, 2.75) is 13.1 Å². The first kappa shape index (κ1) is 18.1. The quantitative estimate of drug-likeness (QED) is 0.452. The molecule has 5 nitrogen and oxygen atoms in total. The fourth-order valence-electron chi connectivity index (χ4n) is 3.04. The second kappa shape index (κ2) is 8.58. The summed E-state index contributed by atoms with van der Waals surface area (Å²) in [4.78, 5) is 13.6. The van der Waals surface area contributed by atoms with Gasteiger partial charge in [0, 0.05) is 25.2 Å². The zero-order valence-corrected chi connectivity index (χ0v) is 14.4. The van der Waals surface area contributed by atoms with Gasteiger partial charge in [-0.25, -0.2) is 5.48 Å². The molecule has 0 aromatic heterocycles. The number of carbonyl (C=O) groups is 1. The van der Waals surface area contributed by atoms with E-state index in [0.29, 0.717) is 18.7 Å². The Morgan fingerprint density at radius 2 is 1.54 bits per heavy atom. The Bertz CT molecular complexity index is 878. The fraction of sp³-hybridized carbons (Fsp3) is 0.190. The lowest BCUT2D eigenvalue weighted by Crippen LogP contribution is -2.26. The van der Waals surface area contributed by atoms with Crippen molar-refractivity contribution in [2.75, 3.05) is 13.2 Å². The van der Waals surface area contributed by atoms with Crippen LogP contribution in [-0.4, -0.2) is 34.3 Å². The van der Waals surface area contributed by atoms with Gasteiger partial charge in [0.15, 0.2) is 0 Å². The van der Waals surface area contributed by atoms with Crippen LogP contribution in [0.15, 0.2) is 66.7 Å². The largest absolute Gasteiger partial charge is 0.395 e. The number of nitrogens with one attached hydrogen (secondary N) is 1. The fourth-order valence-corrected chi connectivity index (χ4v) is 3.04. The smallest absolute Gasteiger partial charge is 0.274 e. The van der Waals surface area contributed by atoms with Crippen LogP contribution in [0.1, 0.15) is 21.5 Å². The molecule has 3 aromatic rings. The molecule has 3 aromatic carbocycles. The predicted octanol–water partition coefficient (Wildman–Crippen LogP) is 2.95. The highest BCUT2D eigenvalue weighted by Crippen LogP contribution is 2.18. The normalized spacial score (nSPS) is 11.0. The van der Waals surface area contributed by atoms with Crippen LogP contribution in [0, 0.1) is 0 Å². The molecule has 5 heteroatoms. The number of rotatable bonds is 7. The molecule has 0 radical (unpaired) electrons. The average Bonchev–Trinajstić information content (AvgIpc) is 2.68. The molecular formula is C21H22N2O3. The SMILES string of the molecule is O=C(NO)c1ccc(CN(CCO)Cc2ccc3ccccc3c2)cc1. The van der Waals surface area contributed by atoms with Gasteiger partial charge in [0.05, 0.1) is 6.61 Å². The van der Waals surface area contributed by atoms with Gasteiger partial charge in [0.25, 0.3) is 5.91 Å². The molecule has 0 fully saturated rings. The van der Waals surface area contributed by atoms with Crippen LogP contribution >= 0.6 is 0 Å². The van der Waals surface area contributed by atoms with Crippen molar-refractivity contribution >= 4 is 16.7 Å². The molecule has 0 aliphatic carbocycles. The molecular weight excluding hydrogens is 328 g/mol. The number of benzene rings is 3. The lowest BCUT2D eigenvalue weighted by molar-refractivity contribution is 0.0706. The van der Waals surface area contributed by atoms with E-state index in [2.05, 4.69) is 35.2 Å². The molecule has 1 amide bonds. The molecule has 0 saturated heterocycles. The summed E-state index contributed by atoms with van der Waals surface area (Å²) in [5.74, 6) is -0.528. The van der Waals surface area contributed by atoms with Crippen molar-refractivity contribution in [2.24, 2.45) is 0 Å². The maximum absolute atomic E-state index is 11.4. The van der Waals surface area contributed by atoms with Crippen LogP contribution in [0.3, 0.4) is 0 Å². The van der Waals surface area contributed by atoms with Crippen molar-refractivity contribution in [1.82, 2.24) is 10.4 Å². The molecule has 3 rings (SSSR count). The molecule has 0 heterocycles. The summed E-state index contributed by atoms with van der Waals surface area (Å²) < 4.78 is 0. The Kier molecular flexibility index (Phi) is 5.96. The van der Waals surface area contributed by atoms with Gasteiger partial charge in [-0.2, -0.15) is 0 Å². The summed E-state index contributed by atoms with van der Waals surface area (Å²) in [6.45, 7) is 2.03. The topological polar surface area (TPSA) is 72.8 Å². The molecule has 0 atom stereocenters. The van der Waals surface area contributed by atoms with Crippen molar-refractivity contribution in [3.63, 3.8) is 0 Å². The summed E-state index contributed by atoms with van der Waals surface area (Å²) in [5, 5.41) is 20.5. The molecule has 0 aliphatic heterocycles. The monoisotopic (exact) mass is 350 g/mol. The number of hydrogen-bond acceptors (Lipinski definition) is 4. The van der Waals surface area contributed by atoms with E-state index in [1.807, 2.05) is 24.3 Å². The van der Waals surface area contributed by atoms with Gasteiger partial charge >= 0.3 is 0 Å². The average molecular weight is 350 g/mol. The van der Waals surface area contributed by atoms with E-state index in [1.54, 1.807) is 17.6 Å². The lowest BCUT2D eigenvalue weighted by Gasteiger charge is -2.22. The van der Waals surface area contributed by atoms with Crippen LogP contribution in [0.4, 0.5) is 0 Å². The number of hydrogen-bond donors (Lipinski definition) is 3. The number of fused-ring (bicyclic) bond motifs is 1. The van der Waals surface area contributed by atoms with Gasteiger partial charge in [-0.1, -0.05) is 48.5 Å². The minimum atomic E-state index is -0.528. The third-order valence-electron chi connectivity index (χ3n) is 4.36. The Labute approximate surface area is 152 Å². The second-order valence-electron chi connectivity index (χ2n) is 6.25. The van der Waals surface area contributed by atoms with Crippen LogP contribution in [0.25, 0.3) is 10.8 Å². The van der Waals surface area contributed by atoms with Gasteiger partial charge in [-0.3, -0.25) is 14.9 Å². The van der Waals surface area contributed by atoms with E-state index in [1.165, 1.54) is 16.3 Å². The van der Waals surface area contributed by atoms with Gasteiger partial charge < -0.3 is 5.11 Å². The van der Waals surface area contributed by atoms with Crippen molar-refractivity contribution in [3.05, 3.63) is 83.4 Å². The van der Waals surface area contributed by atoms with Crippen LogP contribution in [0.5, 0.6) is 0 Å². The second-order valence-corrected chi connectivity index (χ2v) is 6.25. The van der Waals surface area contributed by atoms with E-state index in [-0.39, 0.29) is 6.61 Å². The van der Waals surface area contributed by atoms with Crippen molar-refractivity contribution < 1.29 is 15.1 Å². The minimum absolute atomic E-state index is 0.0819. The maximum atomic E-state index is 11.4. The molecule has 0 bridgehead atoms. The molecule has 3 N–H and O–H groups in total. The van der Waals surface area contributed by atoms with Gasteiger partial charge in [-0.05, 0) is 40.1 Å². The number of amides is 1. The van der Waals surface area contributed by atoms with E-state index >= 15 is 0 Å². The van der Waals surface area contributed by atoms with E-state index in [9.17, 15) is 9.90 Å². The molecule has 26 heavy (non-hydrogen) atoms. The molecule has 0 spiro atoms. The molecule has 0 saturated carbocycles. The summed E-state index contributed by atoms with van der Waals surface area (Å²) in [5.41, 5.74) is 4.25. The molecule has 134 valence electrons. The highest BCUT2D eigenvalue weighted by Gasteiger charge is 2.09. The Morgan fingerprint density at radius 3 is 2.23 bits per heavy atom. The van der Waals surface area contributed by atoms with Crippen LogP contribution in [0.2, 0.25) is 0 Å². The predicted molar refractivity (Wildman–Crippen MR) is 101 cm³/mol. The third-order valence-corrected chi connectivity index (χ3v) is 4.36. The van der Waals surface area contributed by atoms with E-state index < -0.39 is 5.91 Å². The highest BCUT2D eigenvalue weighted by molar-refractivity contribution is 5.93. The zero-order valence-electron chi connectivity index (χ0n) is 14.4. The number of nitrogens with zero attached hydrogens (tertiary/aromatic N) is 1. The Hall–Kier alpha value is -2.73. The summed E-state index contributed by atoms with van der Waals surface area (Å²) in [6.07, 6.45) is 0. The van der Waals surface area contributed by atoms with Crippen molar-refractivity contribution in [3.8, 4) is 0 Å². The van der Waals surface area contributed by atoms with E-state index in [4.69, 9.17) is 5.21 Å². The van der Waals surface area contributed by atoms with Gasteiger partial charge in [0.1, 0.15) is 0 Å². The van der Waals surface area contributed by atoms with Crippen LogP contribution < -0.4 is 5.48 Å². The van der Waals surface area contributed by atoms with Gasteiger partial charge in [0.2, 0.25) is 0 Å². The lowest BCUT2D eigenvalue weighted by atomic mass is 10.1. The number of carbonyl (C=O) groups excluding carboxylic acids is 1. The Morgan fingerprint density at radius 1 is 0.885 bits per heavy atom. The standard InChI is InChI=1S/C21H22N2O3/c24-12-11-23(14-16-5-9-19(10-6-16)21(25)22-26)15-17-7-8-18-3-1-2-4-20(18)13-17/h1-10,13,24,26H,11-12,14-15H2,(H,22,25). The minimum Gasteiger partial charge on any atom is -0.395 e. The first-order valence-corrected chi connectivity index (χ1v) is 8.54. The first-order valence-electron chi connectivity index (χ1n) is 8.54. The Balaban J connectivity index is 1.72.